The van der Waals surface area contributed by atoms with E-state index < -0.39 is 5.54 Å². The maximum Gasteiger partial charge on any atom is 0.252 e. The van der Waals surface area contributed by atoms with Gasteiger partial charge in [-0.2, -0.15) is 0 Å². The Morgan fingerprint density at radius 1 is 1.20 bits per heavy atom. The minimum Gasteiger partial charge on any atom is -0.344 e. The van der Waals surface area contributed by atoms with Gasteiger partial charge >= 0.3 is 0 Å². The molecule has 154 valence electrons. The molecule has 1 fully saturated rings. The molecule has 2 aromatic rings. The van der Waals surface area contributed by atoms with Gasteiger partial charge in [0.15, 0.2) is 0 Å². The number of carbonyl (C=O) groups excluding carboxylic acids is 2. The van der Waals surface area contributed by atoms with Crippen LogP contribution in [0, 0.1) is 0 Å². The zero-order valence-corrected chi connectivity index (χ0v) is 17.3. The Balaban J connectivity index is 1.50. The Labute approximate surface area is 180 Å². The second-order valence-corrected chi connectivity index (χ2v) is 8.02. The van der Waals surface area contributed by atoms with E-state index in [2.05, 4.69) is 28.8 Å². The molecule has 30 heavy (non-hydrogen) atoms. The number of allylic oxidation sites excluding steroid dienone is 4. The number of benzene rings is 1. The molecule has 0 radical (unpaired) electrons. The van der Waals surface area contributed by atoms with Gasteiger partial charge in [-0.1, -0.05) is 30.8 Å². The maximum atomic E-state index is 13.1. The molecule has 0 saturated heterocycles. The van der Waals surface area contributed by atoms with Gasteiger partial charge in [-0.05, 0) is 61.6 Å². The first-order chi connectivity index (χ1) is 14.5. The molecule has 1 aromatic heterocycles. The molecule has 7 heteroatoms. The van der Waals surface area contributed by atoms with E-state index in [-0.39, 0.29) is 17.9 Å². The fraction of sp³-hybridized carbons (Fsp3) is 0.261. The van der Waals surface area contributed by atoms with Crippen molar-refractivity contribution < 1.29 is 9.59 Å². The van der Waals surface area contributed by atoms with E-state index in [9.17, 15) is 9.59 Å². The Morgan fingerprint density at radius 3 is 2.57 bits per heavy atom. The Morgan fingerprint density at radius 2 is 1.93 bits per heavy atom. The van der Waals surface area contributed by atoms with Crippen molar-refractivity contribution in [3.8, 4) is 0 Å². The highest BCUT2D eigenvalue weighted by atomic mass is 35.5. The topological polar surface area (TPSA) is 76.0 Å². The number of halogens is 1. The number of amides is 2. The lowest BCUT2D eigenvalue weighted by molar-refractivity contribution is -0.124. The van der Waals surface area contributed by atoms with E-state index in [1.165, 1.54) is 0 Å². The average molecular weight is 423 g/mol. The number of imidazole rings is 1. The van der Waals surface area contributed by atoms with Gasteiger partial charge in [0.05, 0.1) is 6.04 Å². The Bertz CT molecular complexity index is 1050. The van der Waals surface area contributed by atoms with Gasteiger partial charge in [-0.3, -0.25) is 9.59 Å². The Kier molecular flexibility index (Phi) is 5.35. The highest BCUT2D eigenvalue weighted by Crippen LogP contribution is 2.38. The van der Waals surface area contributed by atoms with Gasteiger partial charge in [0.1, 0.15) is 11.4 Å². The number of hydrogen-bond acceptors (Lipinski definition) is 3. The van der Waals surface area contributed by atoms with Gasteiger partial charge in [-0.25, -0.2) is 4.98 Å². The third-order valence-electron chi connectivity index (χ3n) is 5.66. The lowest BCUT2D eigenvalue weighted by Crippen LogP contribution is -2.50. The van der Waals surface area contributed by atoms with Gasteiger partial charge in [0.25, 0.3) is 5.91 Å². The molecule has 6 nitrogen and oxygen atoms in total. The summed E-state index contributed by atoms with van der Waals surface area (Å²) in [7, 11) is 0. The minimum absolute atomic E-state index is 0.188. The van der Waals surface area contributed by atoms with E-state index in [0.29, 0.717) is 29.8 Å². The van der Waals surface area contributed by atoms with Crippen LogP contribution in [0.15, 0.2) is 67.5 Å². The van der Waals surface area contributed by atoms with Crippen LogP contribution in [0.4, 0.5) is 0 Å². The van der Waals surface area contributed by atoms with E-state index in [0.717, 1.165) is 23.5 Å². The van der Waals surface area contributed by atoms with Crippen molar-refractivity contribution in [1.29, 1.82) is 0 Å². The molecule has 1 unspecified atom stereocenters. The fourth-order valence-corrected chi connectivity index (χ4v) is 3.91. The number of nitrogens with zero attached hydrogens (tertiary/aromatic N) is 2. The molecular weight excluding hydrogens is 400 g/mol. The number of aromatic nitrogens is 2. The SMILES string of the molecule is C=CC1=C(C=C)n2ccnc2C(NC(=O)C2(NC(=O)c3ccc(Cl)cc3)CC2)CC1. The molecule has 1 aromatic carbocycles. The molecule has 1 aliphatic carbocycles. The third-order valence-corrected chi connectivity index (χ3v) is 5.91. The van der Waals surface area contributed by atoms with Crippen molar-refractivity contribution in [2.24, 2.45) is 0 Å². The smallest absolute Gasteiger partial charge is 0.252 e. The third kappa shape index (κ3) is 3.71. The van der Waals surface area contributed by atoms with Gasteiger partial charge < -0.3 is 15.2 Å². The molecule has 0 bridgehead atoms. The molecule has 2 heterocycles. The van der Waals surface area contributed by atoms with E-state index >= 15 is 0 Å². The zero-order chi connectivity index (χ0) is 21.3. The second kappa shape index (κ2) is 7.95. The molecule has 2 aliphatic rings. The van der Waals surface area contributed by atoms with Gasteiger partial charge in [0.2, 0.25) is 5.91 Å². The van der Waals surface area contributed by atoms with E-state index in [1.807, 2.05) is 16.8 Å². The normalized spacial score (nSPS) is 19.3. The van der Waals surface area contributed by atoms with Crippen molar-refractivity contribution in [3.63, 3.8) is 0 Å². The van der Waals surface area contributed by atoms with Gasteiger partial charge in [-0.15, -0.1) is 0 Å². The van der Waals surface area contributed by atoms with Crippen molar-refractivity contribution in [2.75, 3.05) is 0 Å². The van der Waals surface area contributed by atoms with E-state index in [4.69, 9.17) is 11.6 Å². The number of hydrogen-bond donors (Lipinski definition) is 2. The maximum absolute atomic E-state index is 13.1. The van der Waals surface area contributed by atoms with Crippen LogP contribution in [0.2, 0.25) is 5.02 Å². The highest BCUT2D eigenvalue weighted by molar-refractivity contribution is 6.30. The molecule has 2 N–H and O–H groups in total. The monoisotopic (exact) mass is 422 g/mol. The second-order valence-electron chi connectivity index (χ2n) is 7.58. The minimum atomic E-state index is -0.879. The zero-order valence-electron chi connectivity index (χ0n) is 16.5. The van der Waals surface area contributed by atoms with Crippen LogP contribution in [0.5, 0.6) is 0 Å². The summed E-state index contributed by atoms with van der Waals surface area (Å²) in [5, 5.41) is 6.56. The summed E-state index contributed by atoms with van der Waals surface area (Å²) in [6, 6.07) is 6.33. The van der Waals surface area contributed by atoms with E-state index in [1.54, 1.807) is 36.5 Å². The molecule has 1 atom stereocenters. The summed E-state index contributed by atoms with van der Waals surface area (Å²) in [6.07, 6.45) is 9.79. The lowest BCUT2D eigenvalue weighted by Gasteiger charge is -2.22. The van der Waals surface area contributed by atoms with Crippen LogP contribution in [-0.4, -0.2) is 26.9 Å². The molecule has 0 spiro atoms. The summed E-state index contributed by atoms with van der Waals surface area (Å²) < 4.78 is 1.94. The van der Waals surface area contributed by atoms with Crippen molar-refractivity contribution in [3.05, 3.63) is 84.0 Å². The number of carbonyl (C=O) groups is 2. The summed E-state index contributed by atoms with van der Waals surface area (Å²) in [5.41, 5.74) is 1.57. The van der Waals surface area contributed by atoms with Crippen LogP contribution in [0.3, 0.4) is 0 Å². The number of fused-ring (bicyclic) bond motifs is 1. The number of nitrogens with one attached hydrogen (secondary N) is 2. The largest absolute Gasteiger partial charge is 0.344 e. The van der Waals surface area contributed by atoms with Gasteiger partial charge in [0, 0.05) is 28.7 Å². The average Bonchev–Trinajstić information content (AvgIpc) is 3.40. The Hall–Kier alpha value is -3.12. The van der Waals surface area contributed by atoms with Crippen LogP contribution in [0.1, 0.15) is 47.9 Å². The number of rotatable bonds is 6. The first kappa shape index (κ1) is 20.2. The standard InChI is InChI=1S/C23H23ClN4O2/c1-3-15-7-10-18(20-25-13-14-28(20)19(15)4-2)26-22(30)23(11-12-23)27-21(29)16-5-8-17(24)9-6-16/h3-6,8-9,13-14,18H,1-2,7,10-12H2,(H,26,30)(H,27,29). The van der Waals surface area contributed by atoms with Crippen LogP contribution in [-0.2, 0) is 4.79 Å². The van der Waals surface area contributed by atoms with Crippen molar-refractivity contribution >= 4 is 29.1 Å². The summed E-state index contributed by atoms with van der Waals surface area (Å²) >= 11 is 5.89. The molecule has 1 saturated carbocycles. The predicted molar refractivity (Wildman–Crippen MR) is 117 cm³/mol. The fourth-order valence-electron chi connectivity index (χ4n) is 3.78. The molecule has 2 amide bonds. The van der Waals surface area contributed by atoms with Crippen LogP contribution in [0.25, 0.3) is 5.70 Å². The van der Waals surface area contributed by atoms with Crippen LogP contribution >= 0.6 is 11.6 Å². The predicted octanol–water partition coefficient (Wildman–Crippen LogP) is 4.03. The van der Waals surface area contributed by atoms with Crippen molar-refractivity contribution in [1.82, 2.24) is 20.2 Å². The highest BCUT2D eigenvalue weighted by Gasteiger charge is 2.52. The first-order valence-corrected chi connectivity index (χ1v) is 10.3. The molecule has 1 aliphatic heterocycles. The first-order valence-electron chi connectivity index (χ1n) is 9.88. The lowest BCUT2D eigenvalue weighted by atomic mass is 10.0. The quantitative estimate of drug-likeness (QED) is 0.737. The van der Waals surface area contributed by atoms with Crippen molar-refractivity contribution in [2.45, 2.75) is 37.3 Å². The summed E-state index contributed by atoms with van der Waals surface area (Å²) in [4.78, 5) is 30.2. The summed E-state index contributed by atoms with van der Waals surface area (Å²) in [5.74, 6) is 0.271. The summed E-state index contributed by atoms with van der Waals surface area (Å²) in [6.45, 7) is 7.81. The molecule has 4 rings (SSSR count). The van der Waals surface area contributed by atoms with Crippen LogP contribution < -0.4 is 10.6 Å². The molecular formula is C23H23ClN4O2.